The summed E-state index contributed by atoms with van der Waals surface area (Å²) in [6.07, 6.45) is 0.198. The lowest BCUT2D eigenvalue weighted by Gasteiger charge is -2.11. The van der Waals surface area contributed by atoms with Crippen LogP contribution >= 0.6 is 0 Å². The highest BCUT2D eigenvalue weighted by atomic mass is 16.5. The lowest BCUT2D eigenvalue weighted by Crippen LogP contribution is -2.02. The van der Waals surface area contributed by atoms with E-state index in [2.05, 4.69) is 53.5 Å². The summed E-state index contributed by atoms with van der Waals surface area (Å²) in [5, 5.41) is 5.20. The van der Waals surface area contributed by atoms with Crippen LogP contribution in [0.1, 0.15) is 36.6 Å². The Labute approximate surface area is 164 Å². The number of benzene rings is 1. The Hall–Kier alpha value is -2.92. The third kappa shape index (κ3) is 3.45. The van der Waals surface area contributed by atoms with E-state index in [0.29, 0.717) is 6.61 Å². The molecule has 4 aromatic rings. The van der Waals surface area contributed by atoms with E-state index in [1.807, 2.05) is 27.7 Å². The van der Waals surface area contributed by atoms with E-state index in [4.69, 9.17) is 14.2 Å². The van der Waals surface area contributed by atoms with Gasteiger partial charge >= 0.3 is 0 Å². The fraction of sp³-hybridized carbons (Fsp3) is 0.304. The van der Waals surface area contributed by atoms with Gasteiger partial charge in [0.05, 0.1) is 35.4 Å². The van der Waals surface area contributed by atoms with Crippen molar-refractivity contribution in [1.29, 1.82) is 0 Å². The number of nitrogens with one attached hydrogen (secondary N) is 1. The lowest BCUT2D eigenvalue weighted by molar-refractivity contribution is 0.0657. The fourth-order valence-corrected chi connectivity index (χ4v) is 3.54. The van der Waals surface area contributed by atoms with Gasteiger partial charge in [-0.2, -0.15) is 0 Å². The largest absolute Gasteiger partial charge is 0.374 e. The molecule has 1 N–H and O–H groups in total. The summed E-state index contributed by atoms with van der Waals surface area (Å²) >= 11 is 0. The van der Waals surface area contributed by atoms with E-state index in [9.17, 15) is 0 Å². The van der Waals surface area contributed by atoms with Crippen molar-refractivity contribution < 1.29 is 9.26 Å². The second-order valence-corrected chi connectivity index (χ2v) is 7.53. The van der Waals surface area contributed by atoms with Crippen LogP contribution in [0.15, 0.2) is 40.9 Å². The summed E-state index contributed by atoms with van der Waals surface area (Å²) in [5.74, 6) is 0.776. The summed E-state index contributed by atoms with van der Waals surface area (Å²) in [7, 11) is 0. The van der Waals surface area contributed by atoms with Gasteiger partial charge in [0.2, 0.25) is 0 Å². The molecule has 3 heterocycles. The third-order valence-corrected chi connectivity index (χ3v) is 4.82. The van der Waals surface area contributed by atoms with E-state index < -0.39 is 0 Å². The molecule has 0 atom stereocenters. The van der Waals surface area contributed by atoms with Gasteiger partial charge in [0.25, 0.3) is 0 Å². The Morgan fingerprint density at radius 3 is 2.64 bits per heavy atom. The summed E-state index contributed by atoms with van der Waals surface area (Å²) in [5.41, 5.74) is 7.98. The SMILES string of the molecule is Cc1cc2c(-c3cccc(COC(C)C)c3)nc(-c3c(C)noc3C)cc2[nH]1. The maximum atomic E-state index is 5.78. The van der Waals surface area contributed by atoms with Gasteiger partial charge in [-0.05, 0) is 58.4 Å². The Morgan fingerprint density at radius 1 is 1.11 bits per heavy atom. The smallest absolute Gasteiger partial charge is 0.143 e. The van der Waals surface area contributed by atoms with E-state index in [1.54, 1.807) is 0 Å². The van der Waals surface area contributed by atoms with Gasteiger partial charge in [-0.1, -0.05) is 23.4 Å². The molecule has 0 saturated heterocycles. The van der Waals surface area contributed by atoms with Gasteiger partial charge in [-0.15, -0.1) is 0 Å². The second kappa shape index (κ2) is 7.24. The zero-order valence-corrected chi connectivity index (χ0v) is 17.0. The van der Waals surface area contributed by atoms with Gasteiger partial charge in [-0.3, -0.25) is 0 Å². The van der Waals surface area contributed by atoms with Crippen molar-refractivity contribution in [3.63, 3.8) is 0 Å². The Bertz CT molecular complexity index is 1120. The Balaban J connectivity index is 1.88. The number of nitrogens with zero attached hydrogens (tertiary/aromatic N) is 2. The van der Waals surface area contributed by atoms with Gasteiger partial charge in [-0.25, -0.2) is 4.98 Å². The molecule has 0 bridgehead atoms. The van der Waals surface area contributed by atoms with Crippen LogP contribution in [0.4, 0.5) is 0 Å². The van der Waals surface area contributed by atoms with Crippen molar-refractivity contribution >= 4 is 10.9 Å². The van der Waals surface area contributed by atoms with Gasteiger partial charge in [0.1, 0.15) is 5.76 Å². The van der Waals surface area contributed by atoms with Crippen LogP contribution in [-0.2, 0) is 11.3 Å². The monoisotopic (exact) mass is 375 g/mol. The zero-order valence-electron chi connectivity index (χ0n) is 17.0. The number of H-pyrrole nitrogens is 1. The van der Waals surface area contributed by atoms with Crippen LogP contribution < -0.4 is 0 Å². The first-order valence-electron chi connectivity index (χ1n) is 9.57. The standard InChI is InChI=1S/C23H25N3O2/c1-13(2)27-12-17-7-6-8-18(10-17)23-19-9-14(3)24-20(19)11-21(25-23)22-15(4)26-28-16(22)5/h6-11,13,24H,12H2,1-5H3. The molecule has 0 aliphatic heterocycles. The summed E-state index contributed by atoms with van der Waals surface area (Å²) < 4.78 is 11.1. The molecule has 0 saturated carbocycles. The highest BCUT2D eigenvalue weighted by Gasteiger charge is 2.17. The number of aryl methyl sites for hydroxylation is 3. The average Bonchev–Trinajstić information content (AvgIpc) is 3.20. The molecule has 144 valence electrons. The predicted octanol–water partition coefficient (Wildman–Crippen LogP) is 5.74. The van der Waals surface area contributed by atoms with Crippen LogP contribution in [0.25, 0.3) is 33.4 Å². The van der Waals surface area contributed by atoms with Crippen LogP contribution in [0, 0.1) is 20.8 Å². The molecule has 0 aliphatic rings. The van der Waals surface area contributed by atoms with Crippen LogP contribution in [0.2, 0.25) is 0 Å². The third-order valence-electron chi connectivity index (χ3n) is 4.82. The summed E-state index contributed by atoms with van der Waals surface area (Å²) in [6, 6.07) is 12.6. The van der Waals surface area contributed by atoms with Crippen molar-refractivity contribution in [3.8, 4) is 22.5 Å². The quantitative estimate of drug-likeness (QED) is 0.483. The highest BCUT2D eigenvalue weighted by Crippen LogP contribution is 2.34. The molecule has 0 fully saturated rings. The number of aromatic amines is 1. The molecule has 0 amide bonds. The molecule has 5 nitrogen and oxygen atoms in total. The van der Waals surface area contributed by atoms with E-state index in [-0.39, 0.29) is 6.10 Å². The molecule has 4 rings (SSSR count). The molecule has 1 aromatic carbocycles. The minimum Gasteiger partial charge on any atom is -0.374 e. The van der Waals surface area contributed by atoms with Gasteiger partial charge in [0, 0.05) is 22.2 Å². The Kier molecular flexibility index (Phi) is 4.77. The van der Waals surface area contributed by atoms with E-state index in [0.717, 1.165) is 56.1 Å². The molecule has 0 unspecified atom stereocenters. The number of hydrogen-bond donors (Lipinski definition) is 1. The van der Waals surface area contributed by atoms with Crippen LogP contribution in [-0.4, -0.2) is 21.2 Å². The number of hydrogen-bond acceptors (Lipinski definition) is 4. The van der Waals surface area contributed by atoms with Crippen molar-refractivity contribution in [2.75, 3.05) is 0 Å². The predicted molar refractivity (Wildman–Crippen MR) is 111 cm³/mol. The highest BCUT2D eigenvalue weighted by molar-refractivity contribution is 5.96. The first kappa shape index (κ1) is 18.4. The summed E-state index contributed by atoms with van der Waals surface area (Å²) in [4.78, 5) is 8.47. The number of aromatic nitrogens is 3. The van der Waals surface area contributed by atoms with Crippen LogP contribution in [0.3, 0.4) is 0 Å². The normalized spacial score (nSPS) is 11.6. The number of fused-ring (bicyclic) bond motifs is 1. The second-order valence-electron chi connectivity index (χ2n) is 7.53. The van der Waals surface area contributed by atoms with E-state index >= 15 is 0 Å². The van der Waals surface area contributed by atoms with Crippen LogP contribution in [0.5, 0.6) is 0 Å². The first-order chi connectivity index (χ1) is 13.4. The fourth-order valence-electron chi connectivity index (χ4n) is 3.54. The molecule has 0 aliphatic carbocycles. The van der Waals surface area contributed by atoms with Crippen molar-refractivity contribution in [3.05, 3.63) is 59.1 Å². The minimum atomic E-state index is 0.198. The number of rotatable bonds is 5. The molecule has 0 spiro atoms. The molecule has 5 heteroatoms. The molecule has 28 heavy (non-hydrogen) atoms. The maximum absolute atomic E-state index is 5.78. The molecule has 3 aromatic heterocycles. The lowest BCUT2D eigenvalue weighted by atomic mass is 10.0. The van der Waals surface area contributed by atoms with Crippen molar-refractivity contribution in [2.45, 2.75) is 47.3 Å². The van der Waals surface area contributed by atoms with Crippen molar-refractivity contribution in [2.24, 2.45) is 0 Å². The minimum absolute atomic E-state index is 0.198. The summed E-state index contributed by atoms with van der Waals surface area (Å²) in [6.45, 7) is 10.6. The van der Waals surface area contributed by atoms with Gasteiger partial charge in [0.15, 0.2) is 0 Å². The van der Waals surface area contributed by atoms with Gasteiger partial charge < -0.3 is 14.2 Å². The number of pyridine rings is 1. The maximum Gasteiger partial charge on any atom is 0.143 e. The molecule has 0 radical (unpaired) electrons. The molecular formula is C23H25N3O2. The first-order valence-corrected chi connectivity index (χ1v) is 9.57. The van der Waals surface area contributed by atoms with E-state index in [1.165, 1.54) is 0 Å². The Morgan fingerprint density at radius 2 is 1.93 bits per heavy atom. The average molecular weight is 375 g/mol. The number of ether oxygens (including phenoxy) is 1. The zero-order chi connectivity index (χ0) is 19.8. The van der Waals surface area contributed by atoms with Crippen molar-refractivity contribution in [1.82, 2.24) is 15.1 Å². The topological polar surface area (TPSA) is 63.9 Å². The molecular weight excluding hydrogens is 350 g/mol.